The van der Waals surface area contributed by atoms with Crippen molar-refractivity contribution in [3.05, 3.63) is 69.3 Å². The van der Waals surface area contributed by atoms with Gasteiger partial charge in [-0.2, -0.15) is 0 Å². The highest BCUT2D eigenvalue weighted by Gasteiger charge is 2.38. The number of ether oxygens (including phenoxy) is 1. The van der Waals surface area contributed by atoms with Gasteiger partial charge in [0, 0.05) is 50.9 Å². The van der Waals surface area contributed by atoms with Crippen LogP contribution in [-0.4, -0.2) is 94.9 Å². The summed E-state index contributed by atoms with van der Waals surface area (Å²) >= 11 is 1.29. The molecule has 2 atom stereocenters. The summed E-state index contributed by atoms with van der Waals surface area (Å²) in [7, 11) is 0. The van der Waals surface area contributed by atoms with Gasteiger partial charge >= 0.3 is 0 Å². The van der Waals surface area contributed by atoms with E-state index in [2.05, 4.69) is 30.8 Å². The van der Waals surface area contributed by atoms with Gasteiger partial charge in [-0.05, 0) is 38.7 Å². The van der Waals surface area contributed by atoms with E-state index in [1.165, 1.54) is 11.3 Å². The monoisotopic (exact) mass is 693 g/mol. The fourth-order valence-electron chi connectivity index (χ4n) is 6.14. The molecule has 4 amide bonds. The van der Waals surface area contributed by atoms with Gasteiger partial charge in [-0.15, -0.1) is 11.3 Å². The van der Waals surface area contributed by atoms with Gasteiger partial charge < -0.3 is 30.0 Å². The van der Waals surface area contributed by atoms with Crippen molar-refractivity contribution >= 4 is 35.0 Å². The highest BCUT2D eigenvalue weighted by atomic mass is 32.1. The maximum atomic E-state index is 14.0. The molecule has 0 spiro atoms. The summed E-state index contributed by atoms with van der Waals surface area (Å²) in [6.45, 7) is 12.6. The summed E-state index contributed by atoms with van der Waals surface area (Å²) in [4.78, 5) is 67.2. The van der Waals surface area contributed by atoms with Crippen LogP contribution in [0.15, 0.2) is 40.1 Å². The number of amides is 4. The third-order valence-corrected chi connectivity index (χ3v) is 9.96. The number of morpholine rings is 1. The minimum atomic E-state index is -0.800. The zero-order valence-corrected chi connectivity index (χ0v) is 29.7. The summed E-state index contributed by atoms with van der Waals surface area (Å²) < 4.78 is 11.5. The van der Waals surface area contributed by atoms with Crippen molar-refractivity contribution in [3.8, 4) is 0 Å². The molecule has 4 bridgehead atoms. The average molecular weight is 694 g/mol. The van der Waals surface area contributed by atoms with E-state index in [9.17, 15) is 19.2 Å². The Hall–Kier alpha value is -4.14. The third-order valence-electron chi connectivity index (χ3n) is 9.03. The first-order valence-corrected chi connectivity index (χ1v) is 17.8. The number of carbonyl (C=O) groups is 4. The molecule has 0 saturated carbocycles. The molecule has 13 nitrogen and oxygen atoms in total. The summed E-state index contributed by atoms with van der Waals surface area (Å²) in [6.07, 6.45) is 0.944. The molecule has 49 heavy (non-hydrogen) atoms. The van der Waals surface area contributed by atoms with Gasteiger partial charge in [0.05, 0.1) is 24.8 Å². The number of benzene rings is 1. The number of nitrogens with one attached hydrogen (secondary N) is 3. The number of aryl methyl sites for hydroxylation is 1. The summed E-state index contributed by atoms with van der Waals surface area (Å²) in [5.41, 5.74) is 0.522. The second-order valence-electron chi connectivity index (χ2n) is 13.3. The van der Waals surface area contributed by atoms with Crippen LogP contribution >= 0.6 is 11.3 Å². The number of hydrogen-bond donors (Lipinski definition) is 3. The number of thiazole rings is 1. The second-order valence-corrected chi connectivity index (χ2v) is 14.2. The van der Waals surface area contributed by atoms with Crippen LogP contribution in [0.2, 0.25) is 0 Å². The normalized spacial score (nSPS) is 20.8. The first kappa shape index (κ1) is 36.1. The second kappa shape index (κ2) is 16.0. The largest absolute Gasteiger partial charge is 0.443 e. The molecule has 1 fully saturated rings. The molecule has 1 saturated heterocycles. The molecule has 0 radical (unpaired) electrons. The summed E-state index contributed by atoms with van der Waals surface area (Å²) in [6, 6.07) is 8.57. The molecule has 2 aromatic heterocycles. The lowest BCUT2D eigenvalue weighted by atomic mass is 9.99. The topological polar surface area (TPSA) is 159 Å². The third kappa shape index (κ3) is 8.91. The van der Waals surface area contributed by atoms with Gasteiger partial charge in [-0.1, -0.05) is 44.2 Å². The average Bonchev–Trinajstić information content (AvgIpc) is 3.73. The molecule has 3 aromatic rings. The molecule has 1 aromatic carbocycles. The van der Waals surface area contributed by atoms with Gasteiger partial charge in [0.1, 0.15) is 22.5 Å². The zero-order valence-electron chi connectivity index (χ0n) is 28.9. The van der Waals surface area contributed by atoms with E-state index in [-0.39, 0.29) is 60.4 Å². The van der Waals surface area contributed by atoms with Crippen molar-refractivity contribution in [3.63, 3.8) is 0 Å². The number of hydrogen-bond acceptors (Lipinski definition) is 10. The minimum absolute atomic E-state index is 0.0462. The summed E-state index contributed by atoms with van der Waals surface area (Å²) in [5.74, 6) is -0.610. The first-order valence-electron chi connectivity index (χ1n) is 16.9. The van der Waals surface area contributed by atoms with Crippen LogP contribution in [0.3, 0.4) is 0 Å². The van der Waals surface area contributed by atoms with Crippen LogP contribution in [0.25, 0.3) is 0 Å². The summed E-state index contributed by atoms with van der Waals surface area (Å²) in [5, 5.41) is 11.3. The predicted octanol–water partition coefficient (Wildman–Crippen LogP) is 3.43. The number of fused-ring (bicyclic) bond motifs is 4. The van der Waals surface area contributed by atoms with Crippen molar-refractivity contribution < 1.29 is 28.3 Å². The van der Waals surface area contributed by atoms with Crippen LogP contribution in [0.4, 0.5) is 0 Å². The van der Waals surface area contributed by atoms with E-state index < -0.39 is 23.5 Å². The Balaban J connectivity index is 1.44. The van der Waals surface area contributed by atoms with Gasteiger partial charge in [0.25, 0.3) is 11.8 Å². The molecule has 2 aliphatic rings. The molecular formula is C35H47N7O6S. The highest BCUT2D eigenvalue weighted by Crippen LogP contribution is 2.27. The number of nitrogens with zero attached hydrogens (tertiary/aromatic N) is 4. The zero-order chi connectivity index (χ0) is 35.1. The Morgan fingerprint density at radius 3 is 2.47 bits per heavy atom. The van der Waals surface area contributed by atoms with Crippen LogP contribution in [-0.2, 0) is 20.7 Å². The van der Waals surface area contributed by atoms with Crippen molar-refractivity contribution in [2.45, 2.75) is 71.5 Å². The smallest absolute Gasteiger partial charge is 0.274 e. The lowest BCUT2D eigenvalue weighted by Crippen LogP contribution is -2.59. The Morgan fingerprint density at radius 2 is 1.76 bits per heavy atom. The Morgan fingerprint density at radius 1 is 1.02 bits per heavy atom. The first-order chi connectivity index (χ1) is 23.4. The van der Waals surface area contributed by atoms with Gasteiger partial charge in [0.15, 0.2) is 5.69 Å². The molecule has 0 aliphatic carbocycles. The molecule has 2 aliphatic heterocycles. The standard InChI is InChI=1S/C35H47N7O6S/c1-22(2)28-33-38-26(21-49-33)30(44)36-13-15-41(34(46)35(4,5)42-16-18-47-19-17-42)14-9-12-27(43)37-25(20-24-10-7-6-8-11-24)32-40-29(23(3)48-32)31(45)39-28/h6-8,10-11,21-22,25,28H,9,12-20H2,1-5H3,(H,36,44)(H,37,43)(H,39,45)/t25-,28?/m0/s1. The van der Waals surface area contributed by atoms with Crippen LogP contribution in [0.5, 0.6) is 0 Å². The van der Waals surface area contributed by atoms with Gasteiger partial charge in [-0.25, -0.2) is 9.97 Å². The lowest BCUT2D eigenvalue weighted by Gasteiger charge is -2.42. The van der Waals surface area contributed by atoms with Crippen molar-refractivity contribution in [2.24, 2.45) is 5.92 Å². The van der Waals surface area contributed by atoms with E-state index in [4.69, 9.17) is 9.15 Å². The van der Waals surface area contributed by atoms with Crippen molar-refractivity contribution in [2.75, 3.05) is 45.9 Å². The van der Waals surface area contributed by atoms with Crippen LogP contribution < -0.4 is 16.0 Å². The van der Waals surface area contributed by atoms with Crippen molar-refractivity contribution in [1.82, 2.24) is 35.7 Å². The van der Waals surface area contributed by atoms with E-state index in [0.29, 0.717) is 56.5 Å². The van der Waals surface area contributed by atoms with Gasteiger partial charge in [-0.3, -0.25) is 24.1 Å². The molecule has 4 heterocycles. The SMILES string of the molecule is Cc1oc2nc1C(=O)NC(C(C)C)c1nc(cs1)C(=O)NCCN(C(=O)C(C)(C)N1CCOCC1)CCCC(=O)N[C@H]2Cc1ccccc1. The fourth-order valence-corrected chi connectivity index (χ4v) is 7.16. The van der Waals surface area contributed by atoms with E-state index >= 15 is 0 Å². The van der Waals surface area contributed by atoms with E-state index in [1.54, 1.807) is 17.2 Å². The van der Waals surface area contributed by atoms with Crippen LogP contribution in [0.1, 0.15) is 95.8 Å². The quantitative estimate of drug-likeness (QED) is 0.364. The fraction of sp³-hybridized carbons (Fsp3) is 0.543. The van der Waals surface area contributed by atoms with E-state index in [1.807, 2.05) is 58.0 Å². The minimum Gasteiger partial charge on any atom is -0.443 e. The maximum Gasteiger partial charge on any atom is 0.274 e. The van der Waals surface area contributed by atoms with Gasteiger partial charge in [0.2, 0.25) is 17.7 Å². The number of oxazole rings is 1. The predicted molar refractivity (Wildman–Crippen MR) is 184 cm³/mol. The molecular weight excluding hydrogens is 646 g/mol. The number of carbonyl (C=O) groups excluding carboxylic acids is 4. The maximum absolute atomic E-state index is 14.0. The van der Waals surface area contributed by atoms with Crippen molar-refractivity contribution in [1.29, 1.82) is 0 Å². The Bertz CT molecular complexity index is 1610. The highest BCUT2D eigenvalue weighted by molar-refractivity contribution is 7.09. The molecule has 3 N–H and O–H groups in total. The molecule has 264 valence electrons. The van der Waals surface area contributed by atoms with Crippen LogP contribution in [0, 0.1) is 12.8 Å². The number of rotatable bonds is 5. The van der Waals surface area contributed by atoms with E-state index in [0.717, 1.165) is 5.56 Å². The molecule has 5 rings (SSSR count). The number of aromatic nitrogens is 2. The molecule has 1 unspecified atom stereocenters. The Kier molecular flexibility index (Phi) is 11.8. The Labute approximate surface area is 291 Å². The molecule has 14 heteroatoms. The lowest BCUT2D eigenvalue weighted by molar-refractivity contribution is -0.145.